The van der Waals surface area contributed by atoms with Crippen molar-refractivity contribution < 1.29 is 0 Å². The van der Waals surface area contributed by atoms with E-state index in [1.165, 1.54) is 26.9 Å². The second-order valence-electron chi connectivity index (χ2n) is 6.18. The largest absolute Gasteiger partial charge is 0.361 e. The second kappa shape index (κ2) is 8.85. The number of hydrogen-bond acceptors (Lipinski definition) is 3. The summed E-state index contributed by atoms with van der Waals surface area (Å²) in [6.45, 7) is 5.89. The Morgan fingerprint density at radius 3 is 2.81 bits per heavy atom. The Bertz CT molecular complexity index is 877. The number of nitrogens with one attached hydrogen (secondary N) is 3. The van der Waals surface area contributed by atoms with Gasteiger partial charge < -0.3 is 15.6 Å². The molecule has 0 aliphatic rings. The van der Waals surface area contributed by atoms with Crippen LogP contribution in [0, 0.1) is 0 Å². The van der Waals surface area contributed by atoms with Crippen LogP contribution in [0.4, 0.5) is 0 Å². The number of thiazole rings is 1. The number of guanidine groups is 1. The molecule has 3 aromatic rings. The maximum atomic E-state index is 4.43. The number of para-hydroxylation sites is 1. The number of nitrogens with zero attached hydrogens (tertiary/aromatic N) is 2. The molecule has 0 bridgehead atoms. The fraction of sp³-hybridized carbons (Fsp3) is 0.400. The molecular formula is C20H27N5S. The summed E-state index contributed by atoms with van der Waals surface area (Å²) in [7, 11) is 1.80. The third-order valence-corrected chi connectivity index (χ3v) is 5.68. The zero-order valence-corrected chi connectivity index (χ0v) is 16.5. The highest BCUT2D eigenvalue weighted by Gasteiger charge is 2.07. The zero-order chi connectivity index (χ0) is 18.4. The van der Waals surface area contributed by atoms with Crippen molar-refractivity contribution in [3.05, 3.63) is 51.6 Å². The second-order valence-corrected chi connectivity index (χ2v) is 7.38. The van der Waals surface area contributed by atoms with Crippen LogP contribution in [0.15, 0.2) is 35.6 Å². The predicted octanol–water partition coefficient (Wildman–Crippen LogP) is 3.66. The summed E-state index contributed by atoms with van der Waals surface area (Å²) in [6.07, 6.45) is 7.12. The standard InChI is InChI=1S/C20H27N5S/c1-4-14-7-6-8-17-15(11-24-19(14)17)9-10-22-20(21-3)25-13-18-23-12-16(5-2)26-18/h6-8,11-12,24H,4-5,9-10,13H2,1-3H3,(H2,21,22,25). The minimum absolute atomic E-state index is 0.706. The quantitative estimate of drug-likeness (QED) is 0.440. The molecule has 0 atom stereocenters. The third-order valence-electron chi connectivity index (χ3n) is 4.54. The number of aromatic amines is 1. The molecule has 26 heavy (non-hydrogen) atoms. The van der Waals surface area contributed by atoms with E-state index in [-0.39, 0.29) is 0 Å². The summed E-state index contributed by atoms with van der Waals surface area (Å²) in [5.74, 6) is 0.812. The molecule has 0 aliphatic carbocycles. The lowest BCUT2D eigenvalue weighted by atomic mass is 10.1. The van der Waals surface area contributed by atoms with E-state index in [0.717, 1.165) is 36.8 Å². The number of aromatic nitrogens is 2. The number of fused-ring (bicyclic) bond motifs is 1. The van der Waals surface area contributed by atoms with Gasteiger partial charge in [0, 0.05) is 41.8 Å². The van der Waals surface area contributed by atoms with Crippen LogP contribution in [0.2, 0.25) is 0 Å². The Morgan fingerprint density at radius 1 is 1.19 bits per heavy atom. The summed E-state index contributed by atoms with van der Waals surface area (Å²) in [4.78, 5) is 13.5. The molecule has 0 saturated carbocycles. The molecule has 2 heterocycles. The van der Waals surface area contributed by atoms with Gasteiger partial charge in [-0.15, -0.1) is 11.3 Å². The summed E-state index contributed by atoms with van der Waals surface area (Å²) in [5.41, 5.74) is 3.97. The van der Waals surface area contributed by atoms with Gasteiger partial charge in [0.25, 0.3) is 0 Å². The van der Waals surface area contributed by atoms with Crippen molar-refractivity contribution in [3.8, 4) is 0 Å². The lowest BCUT2D eigenvalue weighted by Gasteiger charge is -2.10. The first kappa shape index (κ1) is 18.5. The van der Waals surface area contributed by atoms with E-state index in [1.807, 2.05) is 6.20 Å². The maximum Gasteiger partial charge on any atom is 0.191 e. The Labute approximate surface area is 159 Å². The molecule has 0 amide bonds. The molecule has 138 valence electrons. The van der Waals surface area contributed by atoms with Crippen molar-refractivity contribution in [2.24, 2.45) is 4.99 Å². The molecule has 0 fully saturated rings. The highest BCUT2D eigenvalue weighted by Crippen LogP contribution is 2.22. The number of hydrogen-bond donors (Lipinski definition) is 3. The van der Waals surface area contributed by atoms with Crippen LogP contribution in [-0.2, 0) is 25.8 Å². The van der Waals surface area contributed by atoms with Crippen molar-refractivity contribution in [2.75, 3.05) is 13.6 Å². The fourth-order valence-corrected chi connectivity index (χ4v) is 3.87. The normalized spacial score (nSPS) is 11.9. The molecule has 6 heteroatoms. The highest BCUT2D eigenvalue weighted by molar-refractivity contribution is 7.11. The lowest BCUT2D eigenvalue weighted by molar-refractivity contribution is 0.793. The van der Waals surface area contributed by atoms with Crippen LogP contribution in [0.5, 0.6) is 0 Å². The summed E-state index contributed by atoms with van der Waals surface area (Å²) >= 11 is 1.75. The van der Waals surface area contributed by atoms with E-state index >= 15 is 0 Å². The maximum absolute atomic E-state index is 4.43. The molecule has 0 aliphatic heterocycles. The van der Waals surface area contributed by atoms with Crippen molar-refractivity contribution in [3.63, 3.8) is 0 Å². The third kappa shape index (κ3) is 4.25. The van der Waals surface area contributed by atoms with E-state index in [9.17, 15) is 0 Å². The molecule has 5 nitrogen and oxygen atoms in total. The van der Waals surface area contributed by atoms with E-state index in [1.54, 1.807) is 18.4 Å². The number of aliphatic imine (C=N–C) groups is 1. The first-order valence-electron chi connectivity index (χ1n) is 9.21. The molecule has 2 aromatic heterocycles. The Morgan fingerprint density at radius 2 is 2.08 bits per heavy atom. The minimum atomic E-state index is 0.706. The van der Waals surface area contributed by atoms with Crippen molar-refractivity contribution in [1.29, 1.82) is 0 Å². The van der Waals surface area contributed by atoms with Gasteiger partial charge in [-0.3, -0.25) is 4.99 Å². The van der Waals surface area contributed by atoms with E-state index in [4.69, 9.17) is 0 Å². The van der Waals surface area contributed by atoms with Gasteiger partial charge in [0.15, 0.2) is 5.96 Å². The number of rotatable bonds is 7. The van der Waals surface area contributed by atoms with E-state index < -0.39 is 0 Å². The van der Waals surface area contributed by atoms with Crippen molar-refractivity contribution in [1.82, 2.24) is 20.6 Å². The Kier molecular flexibility index (Phi) is 6.28. The van der Waals surface area contributed by atoms with Gasteiger partial charge >= 0.3 is 0 Å². The number of H-pyrrole nitrogens is 1. The van der Waals surface area contributed by atoms with Gasteiger partial charge in [-0.25, -0.2) is 4.98 Å². The number of benzene rings is 1. The zero-order valence-electron chi connectivity index (χ0n) is 15.7. The monoisotopic (exact) mass is 369 g/mol. The molecule has 0 saturated heterocycles. The summed E-state index contributed by atoms with van der Waals surface area (Å²) < 4.78 is 0. The van der Waals surface area contributed by atoms with Crippen LogP contribution < -0.4 is 10.6 Å². The molecule has 0 radical (unpaired) electrons. The van der Waals surface area contributed by atoms with Crippen molar-refractivity contribution in [2.45, 2.75) is 39.7 Å². The minimum Gasteiger partial charge on any atom is -0.361 e. The lowest BCUT2D eigenvalue weighted by Crippen LogP contribution is -2.37. The van der Waals surface area contributed by atoms with E-state index in [2.05, 4.69) is 63.8 Å². The average Bonchev–Trinajstić information content (AvgIpc) is 3.31. The number of aryl methyl sites for hydroxylation is 2. The first-order valence-corrected chi connectivity index (χ1v) is 10.0. The first-order chi connectivity index (χ1) is 12.7. The van der Waals surface area contributed by atoms with Crippen LogP contribution in [0.3, 0.4) is 0 Å². The SMILES string of the molecule is CCc1cnc(CNC(=NC)NCCc2c[nH]c3c(CC)cccc23)s1. The Hall–Kier alpha value is -2.34. The molecule has 1 aromatic carbocycles. The van der Waals surface area contributed by atoms with Crippen LogP contribution >= 0.6 is 11.3 Å². The van der Waals surface area contributed by atoms with Gasteiger partial charge in [-0.05, 0) is 30.4 Å². The van der Waals surface area contributed by atoms with Crippen LogP contribution in [0.1, 0.15) is 34.9 Å². The van der Waals surface area contributed by atoms with Crippen LogP contribution in [0.25, 0.3) is 10.9 Å². The van der Waals surface area contributed by atoms with Crippen molar-refractivity contribution >= 4 is 28.2 Å². The summed E-state index contributed by atoms with van der Waals surface area (Å²) in [6, 6.07) is 6.53. The van der Waals surface area contributed by atoms with Gasteiger partial charge in [0.2, 0.25) is 0 Å². The van der Waals surface area contributed by atoms with Gasteiger partial charge in [0.1, 0.15) is 5.01 Å². The smallest absolute Gasteiger partial charge is 0.191 e. The van der Waals surface area contributed by atoms with Gasteiger partial charge in [0.05, 0.1) is 6.54 Å². The molecule has 3 rings (SSSR count). The molecular weight excluding hydrogens is 342 g/mol. The summed E-state index contributed by atoms with van der Waals surface area (Å²) in [5, 5.41) is 9.15. The topological polar surface area (TPSA) is 65.1 Å². The predicted molar refractivity (Wildman–Crippen MR) is 111 cm³/mol. The van der Waals surface area contributed by atoms with Gasteiger partial charge in [-0.2, -0.15) is 0 Å². The van der Waals surface area contributed by atoms with Gasteiger partial charge in [-0.1, -0.05) is 32.0 Å². The Balaban J connectivity index is 1.53. The molecule has 3 N–H and O–H groups in total. The van der Waals surface area contributed by atoms with E-state index in [0.29, 0.717) is 6.54 Å². The fourth-order valence-electron chi connectivity index (χ4n) is 3.07. The average molecular weight is 370 g/mol. The van der Waals surface area contributed by atoms with Crippen LogP contribution in [-0.4, -0.2) is 29.5 Å². The highest BCUT2D eigenvalue weighted by atomic mass is 32.1. The molecule has 0 spiro atoms. The molecule has 0 unspecified atom stereocenters.